The highest BCUT2D eigenvalue weighted by Crippen LogP contribution is 2.44. The van der Waals surface area contributed by atoms with Gasteiger partial charge in [0.2, 0.25) is 11.8 Å². The molecule has 5 nitrogen and oxygen atoms in total. The third kappa shape index (κ3) is 3.70. The van der Waals surface area contributed by atoms with E-state index in [0.29, 0.717) is 12.5 Å². The molecule has 18 heavy (non-hydrogen) atoms. The zero-order chi connectivity index (χ0) is 14.0. The van der Waals surface area contributed by atoms with Gasteiger partial charge in [0.05, 0.1) is 12.0 Å². The van der Waals surface area contributed by atoms with Crippen LogP contribution in [-0.4, -0.2) is 30.4 Å². The lowest BCUT2D eigenvalue weighted by molar-refractivity contribution is -0.139. The predicted molar refractivity (Wildman–Crippen MR) is 70.8 cm³/mol. The van der Waals surface area contributed by atoms with Crippen LogP contribution in [0, 0.1) is 11.3 Å². The highest BCUT2D eigenvalue weighted by atomic mass is 16.2. The number of nitrogens with two attached hydrogens (primary N) is 1. The maximum atomic E-state index is 12.0. The van der Waals surface area contributed by atoms with Crippen LogP contribution in [0.15, 0.2) is 0 Å². The van der Waals surface area contributed by atoms with E-state index in [4.69, 9.17) is 5.73 Å². The van der Waals surface area contributed by atoms with Gasteiger partial charge in [0.15, 0.2) is 0 Å². The van der Waals surface area contributed by atoms with Crippen molar-refractivity contribution in [2.24, 2.45) is 17.1 Å². The summed E-state index contributed by atoms with van der Waals surface area (Å²) in [5.74, 6) is 0.283. The molecule has 1 fully saturated rings. The van der Waals surface area contributed by atoms with Crippen molar-refractivity contribution in [2.45, 2.75) is 46.1 Å². The average molecular weight is 255 g/mol. The minimum atomic E-state index is -0.443. The van der Waals surface area contributed by atoms with Crippen LogP contribution in [-0.2, 0) is 9.59 Å². The van der Waals surface area contributed by atoms with Crippen molar-refractivity contribution in [2.75, 3.05) is 13.1 Å². The molecular formula is C13H25N3O2. The van der Waals surface area contributed by atoms with Crippen LogP contribution in [0.2, 0.25) is 0 Å². The van der Waals surface area contributed by atoms with E-state index in [-0.39, 0.29) is 23.9 Å². The first-order chi connectivity index (χ1) is 8.18. The van der Waals surface area contributed by atoms with E-state index >= 15 is 0 Å². The van der Waals surface area contributed by atoms with E-state index in [1.54, 1.807) is 0 Å². The highest BCUT2D eigenvalue weighted by Gasteiger charge is 2.47. The van der Waals surface area contributed by atoms with Crippen molar-refractivity contribution in [1.29, 1.82) is 0 Å². The number of nitrogens with one attached hydrogen (secondary N) is 2. The minimum absolute atomic E-state index is 0.0201. The number of carbonyl (C=O) groups is 2. The second-order valence-electron chi connectivity index (χ2n) is 6.48. The largest absolute Gasteiger partial charge is 0.350 e. The average Bonchev–Trinajstić information content (AvgIpc) is 2.18. The quantitative estimate of drug-likeness (QED) is 0.679. The lowest BCUT2D eigenvalue weighted by Gasteiger charge is -2.44. The van der Waals surface area contributed by atoms with Gasteiger partial charge in [-0.05, 0) is 39.5 Å². The molecule has 0 heterocycles. The van der Waals surface area contributed by atoms with E-state index in [2.05, 4.69) is 17.6 Å². The third-order valence-electron chi connectivity index (χ3n) is 3.27. The second kappa shape index (κ2) is 5.26. The van der Waals surface area contributed by atoms with Crippen molar-refractivity contribution in [3.05, 3.63) is 0 Å². The van der Waals surface area contributed by atoms with E-state index in [1.165, 1.54) is 0 Å². The summed E-state index contributed by atoms with van der Waals surface area (Å²) in [6.07, 6.45) is 1.63. The Bertz CT molecular complexity index is 328. The molecule has 4 N–H and O–H groups in total. The molecule has 1 rings (SSSR count). The van der Waals surface area contributed by atoms with Gasteiger partial charge in [-0.25, -0.2) is 0 Å². The zero-order valence-corrected chi connectivity index (χ0v) is 11.8. The molecule has 1 aliphatic carbocycles. The molecule has 0 saturated heterocycles. The monoisotopic (exact) mass is 255 g/mol. The molecule has 0 aromatic heterocycles. The van der Waals surface area contributed by atoms with Gasteiger partial charge in [0.1, 0.15) is 0 Å². The maximum Gasteiger partial charge on any atom is 0.239 e. The van der Waals surface area contributed by atoms with E-state index in [9.17, 15) is 9.59 Å². The molecule has 0 aliphatic heterocycles. The Morgan fingerprint density at radius 2 is 1.89 bits per heavy atom. The van der Waals surface area contributed by atoms with Gasteiger partial charge in [-0.3, -0.25) is 9.59 Å². The molecule has 0 unspecified atom stereocenters. The summed E-state index contributed by atoms with van der Waals surface area (Å²) in [6, 6.07) is 0. The lowest BCUT2D eigenvalue weighted by Crippen LogP contribution is -2.55. The van der Waals surface area contributed by atoms with Crippen molar-refractivity contribution in [3.63, 3.8) is 0 Å². The van der Waals surface area contributed by atoms with E-state index in [0.717, 1.165) is 12.8 Å². The van der Waals surface area contributed by atoms with Crippen LogP contribution in [0.1, 0.15) is 40.5 Å². The molecule has 5 heteroatoms. The van der Waals surface area contributed by atoms with Gasteiger partial charge in [0, 0.05) is 12.1 Å². The van der Waals surface area contributed by atoms with E-state index in [1.807, 2.05) is 20.8 Å². The first-order valence-corrected chi connectivity index (χ1v) is 6.48. The Kier molecular flexibility index (Phi) is 4.37. The Morgan fingerprint density at radius 1 is 1.33 bits per heavy atom. The summed E-state index contributed by atoms with van der Waals surface area (Å²) < 4.78 is 0. The smallest absolute Gasteiger partial charge is 0.239 e. The number of carbonyl (C=O) groups excluding carboxylic acids is 2. The Hall–Kier alpha value is -1.10. The first kappa shape index (κ1) is 15.0. The van der Waals surface area contributed by atoms with Crippen molar-refractivity contribution < 1.29 is 9.59 Å². The molecule has 104 valence electrons. The van der Waals surface area contributed by atoms with E-state index < -0.39 is 5.41 Å². The summed E-state index contributed by atoms with van der Waals surface area (Å²) in [6.45, 7) is 8.19. The zero-order valence-electron chi connectivity index (χ0n) is 11.8. The van der Waals surface area contributed by atoms with Gasteiger partial charge >= 0.3 is 0 Å². The van der Waals surface area contributed by atoms with Crippen LogP contribution in [0.3, 0.4) is 0 Å². The predicted octanol–water partition coefficient (Wildman–Crippen LogP) is 0.392. The molecule has 0 spiro atoms. The summed E-state index contributed by atoms with van der Waals surface area (Å²) in [4.78, 5) is 23.6. The van der Waals surface area contributed by atoms with Crippen molar-refractivity contribution in [1.82, 2.24) is 10.6 Å². The molecule has 1 aliphatic rings. The second-order valence-corrected chi connectivity index (χ2v) is 6.48. The molecule has 0 radical (unpaired) electrons. The van der Waals surface area contributed by atoms with Crippen LogP contribution in [0.5, 0.6) is 0 Å². The van der Waals surface area contributed by atoms with Crippen LogP contribution in [0.4, 0.5) is 0 Å². The van der Waals surface area contributed by atoms with Gasteiger partial charge in [-0.1, -0.05) is 6.92 Å². The molecule has 0 atom stereocenters. The molecule has 1 saturated carbocycles. The summed E-state index contributed by atoms with van der Waals surface area (Å²) in [7, 11) is 0. The lowest BCUT2D eigenvalue weighted by atomic mass is 9.62. The van der Waals surface area contributed by atoms with Gasteiger partial charge in [-0.2, -0.15) is 0 Å². The maximum absolute atomic E-state index is 12.0. The SMILES string of the molecule is CC1CC(CN)(C(=O)NCC(=O)NC(C)(C)C)C1. The molecule has 2 amide bonds. The molecular weight excluding hydrogens is 230 g/mol. The van der Waals surface area contributed by atoms with Crippen LogP contribution < -0.4 is 16.4 Å². The molecule has 0 aromatic rings. The minimum Gasteiger partial charge on any atom is -0.350 e. The highest BCUT2D eigenvalue weighted by molar-refractivity contribution is 5.88. The number of amides is 2. The number of hydrogen-bond acceptors (Lipinski definition) is 3. The van der Waals surface area contributed by atoms with Gasteiger partial charge < -0.3 is 16.4 Å². The third-order valence-corrected chi connectivity index (χ3v) is 3.27. The van der Waals surface area contributed by atoms with Crippen LogP contribution >= 0.6 is 0 Å². The van der Waals surface area contributed by atoms with Crippen molar-refractivity contribution in [3.8, 4) is 0 Å². The standard InChI is InChI=1S/C13H25N3O2/c1-9-5-13(6-9,8-14)11(18)15-7-10(17)16-12(2,3)4/h9H,5-8,14H2,1-4H3,(H,15,18)(H,16,17). The number of hydrogen-bond donors (Lipinski definition) is 3. The van der Waals surface area contributed by atoms with Gasteiger partial charge in [-0.15, -0.1) is 0 Å². The summed E-state index contributed by atoms with van der Waals surface area (Å²) >= 11 is 0. The molecule has 0 bridgehead atoms. The fourth-order valence-electron chi connectivity index (χ4n) is 2.53. The number of rotatable bonds is 4. The summed E-state index contributed by atoms with van der Waals surface area (Å²) in [5, 5.41) is 5.49. The molecule has 0 aromatic carbocycles. The Balaban J connectivity index is 2.40. The van der Waals surface area contributed by atoms with Crippen molar-refractivity contribution >= 4 is 11.8 Å². The Labute approximate surface area is 109 Å². The first-order valence-electron chi connectivity index (χ1n) is 6.48. The van der Waals surface area contributed by atoms with Crippen LogP contribution in [0.25, 0.3) is 0 Å². The fourth-order valence-corrected chi connectivity index (χ4v) is 2.53. The fraction of sp³-hybridized carbons (Fsp3) is 0.846. The topological polar surface area (TPSA) is 84.2 Å². The normalized spacial score (nSPS) is 27.3. The van der Waals surface area contributed by atoms with Gasteiger partial charge in [0.25, 0.3) is 0 Å². The summed E-state index contributed by atoms with van der Waals surface area (Å²) in [5.41, 5.74) is 4.96. The Morgan fingerprint density at radius 3 is 2.28 bits per heavy atom.